The molecule has 0 bridgehead atoms. The molecule has 0 aliphatic carbocycles. The number of hydrogen-bond acceptors (Lipinski definition) is 3. The van der Waals surface area contributed by atoms with Crippen LogP contribution in [0, 0.1) is 6.92 Å². The number of aryl methyl sites for hydroxylation is 1. The highest BCUT2D eigenvalue weighted by molar-refractivity contribution is 7.09. The number of ether oxygens (including phenoxy) is 1. The van der Waals surface area contributed by atoms with E-state index in [2.05, 4.69) is 19.2 Å². The predicted molar refractivity (Wildman–Crippen MR) is 91.9 cm³/mol. The van der Waals surface area contributed by atoms with Crippen LogP contribution in [0.5, 0.6) is 5.75 Å². The molecule has 0 saturated carbocycles. The average Bonchev–Trinajstić information content (AvgIpc) is 2.99. The minimum atomic E-state index is -0.129. The zero-order valence-electron chi connectivity index (χ0n) is 13.0. The van der Waals surface area contributed by atoms with Crippen LogP contribution in [-0.4, -0.2) is 12.5 Å². The maximum atomic E-state index is 11.9. The van der Waals surface area contributed by atoms with Gasteiger partial charge in [-0.15, -0.1) is 11.3 Å². The monoisotopic (exact) mass is 337 g/mol. The lowest BCUT2D eigenvalue weighted by Gasteiger charge is -2.15. The molecule has 2 aromatic rings. The summed E-state index contributed by atoms with van der Waals surface area (Å²) >= 11 is 7.78. The first-order valence-corrected chi connectivity index (χ1v) is 8.45. The van der Waals surface area contributed by atoms with Gasteiger partial charge in [0.05, 0.1) is 6.54 Å². The fourth-order valence-corrected chi connectivity index (χ4v) is 2.86. The van der Waals surface area contributed by atoms with Gasteiger partial charge < -0.3 is 10.1 Å². The van der Waals surface area contributed by atoms with Crippen molar-refractivity contribution in [3.8, 4) is 5.75 Å². The average molecular weight is 338 g/mol. The van der Waals surface area contributed by atoms with Gasteiger partial charge in [-0.05, 0) is 47.5 Å². The van der Waals surface area contributed by atoms with Crippen LogP contribution < -0.4 is 10.1 Å². The molecule has 1 aromatic heterocycles. The summed E-state index contributed by atoms with van der Waals surface area (Å²) in [4.78, 5) is 13.0. The summed E-state index contributed by atoms with van der Waals surface area (Å²) in [5, 5.41) is 5.56. The highest BCUT2D eigenvalue weighted by atomic mass is 35.5. The Morgan fingerprint density at radius 3 is 2.82 bits per heavy atom. The summed E-state index contributed by atoms with van der Waals surface area (Å²) in [5.74, 6) is 0.876. The predicted octanol–water partition coefficient (Wildman–Crippen LogP) is 4.53. The quantitative estimate of drug-likeness (QED) is 0.841. The van der Waals surface area contributed by atoms with Crippen LogP contribution in [0.3, 0.4) is 0 Å². The Morgan fingerprint density at radius 2 is 2.18 bits per heavy atom. The van der Waals surface area contributed by atoms with E-state index in [1.54, 1.807) is 11.3 Å². The van der Waals surface area contributed by atoms with Gasteiger partial charge in [-0.25, -0.2) is 0 Å². The van der Waals surface area contributed by atoms with Gasteiger partial charge >= 0.3 is 0 Å². The summed E-state index contributed by atoms with van der Waals surface area (Å²) < 4.78 is 5.70. The maximum absolute atomic E-state index is 11.9. The third-order valence-corrected chi connectivity index (χ3v) is 4.60. The molecule has 118 valence electrons. The van der Waals surface area contributed by atoms with Crippen LogP contribution in [-0.2, 0) is 11.3 Å². The SMILES string of the molecule is Cc1cc(OCC(=O)NCc2cccs2)c(C(C)C)cc1Cl. The van der Waals surface area contributed by atoms with Crippen molar-refractivity contribution in [2.75, 3.05) is 6.61 Å². The Labute approximate surface area is 140 Å². The Bertz CT molecular complexity index is 638. The van der Waals surface area contributed by atoms with Gasteiger partial charge in [-0.3, -0.25) is 4.79 Å². The molecule has 3 nitrogen and oxygen atoms in total. The molecule has 1 aromatic carbocycles. The molecule has 0 fully saturated rings. The summed E-state index contributed by atoms with van der Waals surface area (Å²) in [6.07, 6.45) is 0. The smallest absolute Gasteiger partial charge is 0.258 e. The second-order valence-electron chi connectivity index (χ2n) is 5.44. The van der Waals surface area contributed by atoms with Crippen LogP contribution >= 0.6 is 22.9 Å². The van der Waals surface area contributed by atoms with Crippen molar-refractivity contribution in [1.82, 2.24) is 5.32 Å². The Balaban J connectivity index is 1.95. The van der Waals surface area contributed by atoms with E-state index in [0.717, 1.165) is 26.8 Å². The van der Waals surface area contributed by atoms with Crippen molar-refractivity contribution in [3.05, 3.63) is 50.7 Å². The number of thiophene rings is 1. The fraction of sp³-hybridized carbons (Fsp3) is 0.353. The summed E-state index contributed by atoms with van der Waals surface area (Å²) in [6.45, 7) is 6.62. The summed E-state index contributed by atoms with van der Waals surface area (Å²) in [7, 11) is 0. The second kappa shape index (κ2) is 7.65. The minimum Gasteiger partial charge on any atom is -0.483 e. The molecule has 0 unspecified atom stereocenters. The van der Waals surface area contributed by atoms with E-state index in [4.69, 9.17) is 16.3 Å². The first kappa shape index (κ1) is 16.8. The molecule has 5 heteroatoms. The number of amides is 1. The lowest BCUT2D eigenvalue weighted by atomic mass is 10.0. The molecular formula is C17H20ClNO2S. The van der Waals surface area contributed by atoms with Crippen LogP contribution in [0.25, 0.3) is 0 Å². The standard InChI is InChI=1S/C17H20ClNO2S/c1-11(2)14-8-15(18)12(3)7-16(14)21-10-17(20)19-9-13-5-4-6-22-13/h4-8,11H,9-10H2,1-3H3,(H,19,20). The zero-order chi connectivity index (χ0) is 16.1. The molecule has 0 radical (unpaired) electrons. The van der Waals surface area contributed by atoms with Gasteiger partial charge in [-0.1, -0.05) is 31.5 Å². The minimum absolute atomic E-state index is 0.00612. The number of carbonyl (C=O) groups excluding carboxylic acids is 1. The number of hydrogen-bond donors (Lipinski definition) is 1. The van der Waals surface area contributed by atoms with Gasteiger partial charge in [0.25, 0.3) is 5.91 Å². The molecule has 1 heterocycles. The van der Waals surface area contributed by atoms with Crippen molar-refractivity contribution in [2.24, 2.45) is 0 Å². The lowest BCUT2D eigenvalue weighted by Crippen LogP contribution is -2.28. The van der Waals surface area contributed by atoms with Gasteiger partial charge in [0, 0.05) is 9.90 Å². The number of benzene rings is 1. The molecular weight excluding hydrogens is 318 g/mol. The largest absolute Gasteiger partial charge is 0.483 e. The van der Waals surface area contributed by atoms with E-state index < -0.39 is 0 Å². The molecule has 0 aliphatic heterocycles. The van der Waals surface area contributed by atoms with Gasteiger partial charge in [0.2, 0.25) is 0 Å². The third-order valence-electron chi connectivity index (χ3n) is 3.31. The van der Waals surface area contributed by atoms with Gasteiger partial charge in [-0.2, -0.15) is 0 Å². The molecule has 0 aliphatic rings. The Kier molecular flexibility index (Phi) is 5.86. The third kappa shape index (κ3) is 4.49. The molecule has 0 atom stereocenters. The van der Waals surface area contributed by atoms with E-state index in [1.807, 2.05) is 36.6 Å². The number of carbonyl (C=O) groups is 1. The highest BCUT2D eigenvalue weighted by Gasteiger charge is 2.12. The van der Waals surface area contributed by atoms with Crippen LogP contribution in [0.2, 0.25) is 5.02 Å². The normalized spacial score (nSPS) is 10.8. The summed E-state index contributed by atoms with van der Waals surface area (Å²) in [5.41, 5.74) is 1.96. The van der Waals surface area contributed by atoms with E-state index in [-0.39, 0.29) is 18.4 Å². The maximum Gasteiger partial charge on any atom is 0.258 e. The van der Waals surface area contributed by atoms with Gasteiger partial charge in [0.1, 0.15) is 5.75 Å². The van der Waals surface area contributed by atoms with Crippen LogP contribution in [0.15, 0.2) is 29.6 Å². The highest BCUT2D eigenvalue weighted by Crippen LogP contribution is 2.31. The van der Waals surface area contributed by atoms with E-state index >= 15 is 0 Å². The number of rotatable bonds is 6. The number of halogens is 1. The lowest BCUT2D eigenvalue weighted by molar-refractivity contribution is -0.123. The van der Waals surface area contributed by atoms with Gasteiger partial charge in [0.15, 0.2) is 6.61 Å². The zero-order valence-corrected chi connectivity index (χ0v) is 14.6. The summed E-state index contributed by atoms with van der Waals surface area (Å²) in [6, 6.07) is 7.77. The number of nitrogens with one attached hydrogen (secondary N) is 1. The van der Waals surface area contributed by atoms with Crippen molar-refractivity contribution in [1.29, 1.82) is 0 Å². The molecule has 1 N–H and O–H groups in total. The molecule has 0 saturated heterocycles. The van der Waals surface area contributed by atoms with Crippen LogP contribution in [0.4, 0.5) is 0 Å². The van der Waals surface area contributed by atoms with E-state index in [9.17, 15) is 4.79 Å². The molecule has 0 spiro atoms. The fourth-order valence-electron chi connectivity index (χ4n) is 2.04. The topological polar surface area (TPSA) is 38.3 Å². The van der Waals surface area contributed by atoms with Crippen molar-refractivity contribution < 1.29 is 9.53 Å². The molecule has 22 heavy (non-hydrogen) atoms. The van der Waals surface area contributed by atoms with Crippen molar-refractivity contribution >= 4 is 28.8 Å². The Hall–Kier alpha value is -1.52. The molecule has 1 amide bonds. The van der Waals surface area contributed by atoms with E-state index in [0.29, 0.717) is 6.54 Å². The molecule has 2 rings (SSSR count). The van der Waals surface area contributed by atoms with Crippen molar-refractivity contribution in [2.45, 2.75) is 33.2 Å². The first-order chi connectivity index (χ1) is 10.5. The van der Waals surface area contributed by atoms with Crippen LogP contribution in [0.1, 0.15) is 35.8 Å². The van der Waals surface area contributed by atoms with Crippen molar-refractivity contribution in [3.63, 3.8) is 0 Å². The first-order valence-electron chi connectivity index (χ1n) is 7.19. The van der Waals surface area contributed by atoms with E-state index in [1.165, 1.54) is 0 Å². The second-order valence-corrected chi connectivity index (χ2v) is 6.88. The Morgan fingerprint density at radius 1 is 1.41 bits per heavy atom.